The molecule has 2 aromatic carbocycles. The van der Waals surface area contributed by atoms with E-state index in [1.165, 1.54) is 48.5 Å². The van der Waals surface area contributed by atoms with E-state index in [0.29, 0.717) is 12.8 Å². The average Bonchev–Trinajstić information content (AvgIpc) is 2.73. The second-order valence-electron chi connectivity index (χ2n) is 8.55. The summed E-state index contributed by atoms with van der Waals surface area (Å²) in [6.45, 7) is 6.72. The molecule has 0 aliphatic rings. The van der Waals surface area contributed by atoms with Crippen molar-refractivity contribution in [2.45, 2.75) is 40.5 Å². The van der Waals surface area contributed by atoms with E-state index in [0.717, 1.165) is 0 Å². The Hall–Kier alpha value is -3.82. The summed E-state index contributed by atoms with van der Waals surface area (Å²) in [4.78, 5) is 45.5. The molecule has 0 aliphatic heterocycles. The Balaban J connectivity index is 1.96. The highest BCUT2D eigenvalue weighted by molar-refractivity contribution is 5.80. The molecule has 32 heavy (non-hydrogen) atoms. The highest BCUT2D eigenvalue weighted by Crippen LogP contribution is 2.34. The minimum atomic E-state index is -0.938. The minimum absolute atomic E-state index is 0.114. The van der Waals surface area contributed by atoms with Crippen molar-refractivity contribution in [3.63, 3.8) is 0 Å². The molecule has 10 nitrogen and oxygen atoms in total. The molecule has 0 saturated heterocycles. The fourth-order valence-corrected chi connectivity index (χ4v) is 2.59. The van der Waals surface area contributed by atoms with Crippen LogP contribution in [0.4, 0.5) is 11.4 Å². The maximum atomic E-state index is 12.6. The molecular weight excluding hydrogens is 420 g/mol. The number of ether oxygens (including phenoxy) is 2. The Kier molecular flexibility index (Phi) is 7.29. The smallest absolute Gasteiger partial charge is 0.316 e. The van der Waals surface area contributed by atoms with E-state index in [1.807, 2.05) is 0 Å². The van der Waals surface area contributed by atoms with Crippen molar-refractivity contribution in [2.24, 2.45) is 10.8 Å². The molecule has 0 atom stereocenters. The average molecular weight is 444 g/mol. The lowest BCUT2D eigenvalue weighted by Gasteiger charge is -2.28. The van der Waals surface area contributed by atoms with Gasteiger partial charge in [0, 0.05) is 24.3 Å². The highest BCUT2D eigenvalue weighted by Gasteiger charge is 2.36. The first-order valence-electron chi connectivity index (χ1n) is 9.75. The topological polar surface area (TPSA) is 139 Å². The van der Waals surface area contributed by atoms with Crippen LogP contribution in [0, 0.1) is 31.1 Å². The van der Waals surface area contributed by atoms with Crippen LogP contribution in [0.3, 0.4) is 0 Å². The molecule has 0 spiro atoms. The molecular formula is C22H24N2O8. The van der Waals surface area contributed by atoms with Gasteiger partial charge in [-0.2, -0.15) is 0 Å². The predicted molar refractivity (Wildman–Crippen MR) is 114 cm³/mol. The number of nitro groups is 2. The van der Waals surface area contributed by atoms with Crippen LogP contribution in [0.15, 0.2) is 48.5 Å². The standard InChI is InChI=1S/C22H24N2O8/c1-21(2,19(25)31-17-9-5-15(6-10-17)23(27)28)13-14-22(3,4)20(26)32-18-11-7-16(8-12-18)24(29)30/h5-12H,13-14H2,1-4H3. The monoisotopic (exact) mass is 444 g/mol. The van der Waals surface area contributed by atoms with Crippen molar-refractivity contribution in [1.29, 1.82) is 0 Å². The molecule has 170 valence electrons. The van der Waals surface area contributed by atoms with E-state index in [4.69, 9.17) is 9.47 Å². The summed E-state index contributed by atoms with van der Waals surface area (Å²) in [5.41, 5.74) is -2.10. The molecule has 0 radical (unpaired) electrons. The van der Waals surface area contributed by atoms with Gasteiger partial charge in [0.1, 0.15) is 11.5 Å². The molecule has 0 heterocycles. The largest absolute Gasteiger partial charge is 0.426 e. The normalized spacial score (nSPS) is 11.5. The number of carbonyl (C=O) groups is 2. The first kappa shape index (κ1) is 24.4. The van der Waals surface area contributed by atoms with Crippen molar-refractivity contribution in [1.82, 2.24) is 0 Å². The van der Waals surface area contributed by atoms with Crippen LogP contribution in [-0.2, 0) is 9.59 Å². The zero-order chi connectivity index (χ0) is 24.1. The van der Waals surface area contributed by atoms with Crippen molar-refractivity contribution < 1.29 is 28.9 Å². The van der Waals surface area contributed by atoms with Crippen LogP contribution in [-0.4, -0.2) is 21.8 Å². The third-order valence-corrected chi connectivity index (χ3v) is 5.00. The van der Waals surface area contributed by atoms with E-state index in [1.54, 1.807) is 27.7 Å². The quantitative estimate of drug-likeness (QED) is 0.231. The molecule has 0 aliphatic carbocycles. The predicted octanol–water partition coefficient (Wildman–Crippen LogP) is 4.85. The molecule has 2 rings (SSSR count). The third kappa shape index (κ3) is 6.34. The lowest BCUT2D eigenvalue weighted by Crippen LogP contribution is -2.34. The number of carbonyl (C=O) groups excluding carboxylic acids is 2. The van der Waals surface area contributed by atoms with Crippen molar-refractivity contribution in [3.05, 3.63) is 68.8 Å². The van der Waals surface area contributed by atoms with Gasteiger partial charge in [-0.1, -0.05) is 0 Å². The summed E-state index contributed by atoms with van der Waals surface area (Å²) >= 11 is 0. The summed E-state index contributed by atoms with van der Waals surface area (Å²) in [6.07, 6.45) is 0.613. The van der Waals surface area contributed by atoms with E-state index >= 15 is 0 Å². The SMILES string of the molecule is CC(C)(CCC(C)(C)C(=O)Oc1ccc([N+](=O)[O-])cc1)C(=O)Oc1ccc([N+](=O)[O-])cc1. The van der Waals surface area contributed by atoms with E-state index in [9.17, 15) is 29.8 Å². The molecule has 0 aromatic heterocycles. The Morgan fingerprint density at radius 1 is 0.688 bits per heavy atom. The highest BCUT2D eigenvalue weighted by atomic mass is 16.6. The molecule has 0 fully saturated rings. The molecule has 0 unspecified atom stereocenters. The second-order valence-corrected chi connectivity index (χ2v) is 8.55. The number of benzene rings is 2. The van der Waals surface area contributed by atoms with Gasteiger partial charge in [-0.3, -0.25) is 29.8 Å². The Labute approximate surface area is 184 Å². The number of hydrogen-bond acceptors (Lipinski definition) is 8. The Morgan fingerprint density at radius 3 is 1.22 bits per heavy atom. The van der Waals surface area contributed by atoms with Crippen LogP contribution in [0.25, 0.3) is 0 Å². The van der Waals surface area contributed by atoms with Crippen molar-refractivity contribution >= 4 is 23.3 Å². The number of rotatable bonds is 9. The second kappa shape index (κ2) is 9.54. The number of esters is 2. The molecule has 0 amide bonds. The molecule has 2 aromatic rings. The summed E-state index contributed by atoms with van der Waals surface area (Å²) < 4.78 is 10.7. The summed E-state index contributed by atoms with van der Waals surface area (Å²) in [5, 5.41) is 21.4. The number of nitrogens with zero attached hydrogens (tertiary/aromatic N) is 2. The van der Waals surface area contributed by atoms with Gasteiger partial charge in [0.2, 0.25) is 0 Å². The zero-order valence-electron chi connectivity index (χ0n) is 18.2. The Morgan fingerprint density at radius 2 is 0.969 bits per heavy atom. The molecule has 0 saturated carbocycles. The van der Waals surface area contributed by atoms with E-state index in [-0.39, 0.29) is 22.9 Å². The number of hydrogen-bond donors (Lipinski definition) is 0. The number of nitro benzene ring substituents is 2. The van der Waals surface area contributed by atoms with Crippen molar-refractivity contribution in [2.75, 3.05) is 0 Å². The van der Waals surface area contributed by atoms with Gasteiger partial charge in [0.15, 0.2) is 0 Å². The molecule has 0 N–H and O–H groups in total. The first-order valence-corrected chi connectivity index (χ1v) is 9.75. The van der Waals surface area contributed by atoms with Crippen LogP contribution in [0.5, 0.6) is 11.5 Å². The van der Waals surface area contributed by atoms with Crippen LogP contribution in [0.1, 0.15) is 40.5 Å². The minimum Gasteiger partial charge on any atom is -0.426 e. The summed E-state index contributed by atoms with van der Waals surface area (Å²) in [7, 11) is 0. The fourth-order valence-electron chi connectivity index (χ4n) is 2.59. The van der Waals surface area contributed by atoms with Gasteiger partial charge in [-0.15, -0.1) is 0 Å². The lowest BCUT2D eigenvalue weighted by atomic mass is 9.79. The van der Waals surface area contributed by atoms with Gasteiger partial charge < -0.3 is 9.47 Å². The van der Waals surface area contributed by atoms with E-state index in [2.05, 4.69) is 0 Å². The molecule has 10 heteroatoms. The van der Waals surface area contributed by atoms with Gasteiger partial charge in [-0.25, -0.2) is 0 Å². The fraction of sp³-hybridized carbons (Fsp3) is 0.364. The van der Waals surface area contributed by atoms with Gasteiger partial charge >= 0.3 is 11.9 Å². The summed E-state index contributed by atoms with van der Waals surface area (Å²) in [6, 6.07) is 10.4. The lowest BCUT2D eigenvalue weighted by molar-refractivity contribution is -0.385. The Bertz CT molecular complexity index is 928. The van der Waals surface area contributed by atoms with Crippen LogP contribution < -0.4 is 9.47 Å². The zero-order valence-corrected chi connectivity index (χ0v) is 18.2. The third-order valence-electron chi connectivity index (χ3n) is 5.00. The van der Waals surface area contributed by atoms with Gasteiger partial charge in [0.25, 0.3) is 11.4 Å². The van der Waals surface area contributed by atoms with Crippen molar-refractivity contribution in [3.8, 4) is 11.5 Å². The van der Waals surface area contributed by atoms with Crippen LogP contribution >= 0.6 is 0 Å². The molecule has 0 bridgehead atoms. The van der Waals surface area contributed by atoms with Gasteiger partial charge in [-0.05, 0) is 64.8 Å². The summed E-state index contributed by atoms with van der Waals surface area (Å²) in [5.74, 6) is -0.701. The van der Waals surface area contributed by atoms with Gasteiger partial charge in [0.05, 0.1) is 20.7 Å². The first-order chi connectivity index (χ1) is 14.8. The number of non-ortho nitro benzene ring substituents is 2. The van der Waals surface area contributed by atoms with E-state index < -0.39 is 32.6 Å². The maximum Gasteiger partial charge on any atom is 0.316 e. The maximum absolute atomic E-state index is 12.6. The van der Waals surface area contributed by atoms with Crippen LogP contribution in [0.2, 0.25) is 0 Å².